The van der Waals surface area contributed by atoms with Gasteiger partial charge in [0.25, 0.3) is 0 Å². The number of rotatable bonds is 7. The highest BCUT2D eigenvalue weighted by Crippen LogP contribution is 2.33. The van der Waals surface area contributed by atoms with Crippen molar-refractivity contribution in [2.24, 2.45) is 0 Å². The molecule has 0 saturated carbocycles. The van der Waals surface area contributed by atoms with Crippen molar-refractivity contribution in [1.29, 1.82) is 0 Å². The second kappa shape index (κ2) is 8.57. The Bertz CT molecular complexity index is 996. The van der Waals surface area contributed by atoms with Crippen LogP contribution in [0, 0.1) is 0 Å². The fraction of sp³-hybridized carbons (Fsp3) is 0.348. The van der Waals surface area contributed by atoms with Gasteiger partial charge in [0.15, 0.2) is 6.10 Å². The molecule has 0 amide bonds. The molecule has 0 bridgehead atoms. The number of anilines is 1. The number of hydrogen-bond acceptors (Lipinski definition) is 6. The fourth-order valence-corrected chi connectivity index (χ4v) is 3.69. The highest BCUT2D eigenvalue weighted by molar-refractivity contribution is 5.80. The summed E-state index contributed by atoms with van der Waals surface area (Å²) in [6.07, 6.45) is -0.132. The van der Waals surface area contributed by atoms with Crippen molar-refractivity contribution in [3.8, 4) is 5.75 Å². The Morgan fingerprint density at radius 1 is 1.21 bits per heavy atom. The summed E-state index contributed by atoms with van der Waals surface area (Å²) in [5.41, 5.74) is 2.92. The number of carbonyl (C=O) groups is 1. The van der Waals surface area contributed by atoms with Gasteiger partial charge < -0.3 is 23.5 Å². The number of carbonyl (C=O) groups excluding carboxylic acids is 1. The molecule has 0 saturated heterocycles. The minimum absolute atomic E-state index is 0.356. The topological polar surface area (TPSA) is 61.1 Å². The summed E-state index contributed by atoms with van der Waals surface area (Å²) in [4.78, 5) is 14.2. The Morgan fingerprint density at radius 2 is 2.07 bits per heavy atom. The number of methoxy groups -OCH3 is 1. The molecular weight excluding hydrogens is 370 g/mol. The zero-order chi connectivity index (χ0) is 20.2. The molecule has 6 nitrogen and oxygen atoms in total. The Hall–Kier alpha value is -2.99. The number of fused-ring (bicyclic) bond motifs is 2. The average Bonchev–Trinajstić information content (AvgIpc) is 3.14. The maximum atomic E-state index is 11.9. The number of furan rings is 1. The van der Waals surface area contributed by atoms with Gasteiger partial charge >= 0.3 is 5.97 Å². The molecule has 4 rings (SSSR count). The first-order chi connectivity index (χ1) is 14.2. The molecule has 1 aliphatic rings. The molecule has 3 aromatic rings. The smallest absolute Gasteiger partial charge is 0.335 e. The van der Waals surface area contributed by atoms with Gasteiger partial charge in [-0.2, -0.15) is 0 Å². The molecule has 0 radical (unpaired) electrons. The Kier molecular flexibility index (Phi) is 5.71. The second-order valence-corrected chi connectivity index (χ2v) is 6.99. The maximum absolute atomic E-state index is 11.9. The molecule has 1 aliphatic heterocycles. The number of esters is 1. The zero-order valence-electron chi connectivity index (χ0n) is 16.7. The van der Waals surface area contributed by atoms with Gasteiger partial charge in [-0.05, 0) is 42.8 Å². The maximum Gasteiger partial charge on any atom is 0.335 e. The number of para-hydroxylation sites is 2. The van der Waals surface area contributed by atoms with Crippen LogP contribution in [0.3, 0.4) is 0 Å². The van der Waals surface area contributed by atoms with Crippen LogP contribution in [-0.2, 0) is 27.2 Å². The van der Waals surface area contributed by atoms with Crippen molar-refractivity contribution in [2.75, 3.05) is 31.8 Å². The van der Waals surface area contributed by atoms with Crippen molar-refractivity contribution < 1.29 is 23.4 Å². The molecule has 6 heteroatoms. The van der Waals surface area contributed by atoms with E-state index in [1.807, 2.05) is 43.3 Å². The van der Waals surface area contributed by atoms with Crippen LogP contribution >= 0.6 is 0 Å². The van der Waals surface area contributed by atoms with Crippen LogP contribution in [0.2, 0.25) is 0 Å². The molecule has 2 heterocycles. The van der Waals surface area contributed by atoms with Crippen LogP contribution in [0.4, 0.5) is 5.69 Å². The zero-order valence-corrected chi connectivity index (χ0v) is 16.7. The van der Waals surface area contributed by atoms with Crippen molar-refractivity contribution in [2.45, 2.75) is 26.0 Å². The molecular formula is C23H25NO5. The molecule has 0 spiro atoms. The lowest BCUT2D eigenvalue weighted by Gasteiger charge is -2.30. The van der Waals surface area contributed by atoms with Gasteiger partial charge in [0.1, 0.15) is 23.7 Å². The largest absolute Gasteiger partial charge is 0.490 e. The summed E-state index contributed by atoms with van der Waals surface area (Å²) in [5.74, 6) is 1.44. The Labute approximate surface area is 170 Å². The van der Waals surface area contributed by atoms with Gasteiger partial charge in [-0.15, -0.1) is 0 Å². The number of benzene rings is 2. The van der Waals surface area contributed by atoms with Gasteiger partial charge in [-0.25, -0.2) is 4.79 Å². The van der Waals surface area contributed by atoms with Crippen molar-refractivity contribution in [3.05, 3.63) is 59.9 Å². The number of hydrogen-bond donors (Lipinski definition) is 0. The quantitative estimate of drug-likeness (QED) is 0.565. The van der Waals surface area contributed by atoms with Crippen LogP contribution < -0.4 is 9.64 Å². The molecule has 1 unspecified atom stereocenters. The lowest BCUT2D eigenvalue weighted by atomic mass is 10.1. The number of nitrogens with zero attached hydrogens (tertiary/aromatic N) is 1. The van der Waals surface area contributed by atoms with Crippen LogP contribution in [0.5, 0.6) is 5.75 Å². The van der Waals surface area contributed by atoms with E-state index < -0.39 is 6.10 Å². The van der Waals surface area contributed by atoms with E-state index in [9.17, 15) is 4.79 Å². The fourth-order valence-electron chi connectivity index (χ4n) is 3.69. The average molecular weight is 395 g/mol. The Morgan fingerprint density at radius 3 is 2.90 bits per heavy atom. The van der Waals surface area contributed by atoms with Crippen LogP contribution in [0.1, 0.15) is 18.2 Å². The van der Waals surface area contributed by atoms with Crippen LogP contribution in [0.25, 0.3) is 11.0 Å². The minimum atomic E-state index is -0.598. The predicted molar refractivity (Wildman–Crippen MR) is 110 cm³/mol. The highest BCUT2D eigenvalue weighted by atomic mass is 16.6. The lowest BCUT2D eigenvalue weighted by molar-refractivity contribution is -0.153. The molecule has 1 aromatic heterocycles. The molecule has 29 heavy (non-hydrogen) atoms. The Balaban J connectivity index is 1.52. The van der Waals surface area contributed by atoms with Gasteiger partial charge in [0.05, 0.1) is 25.9 Å². The van der Waals surface area contributed by atoms with Crippen LogP contribution in [-0.4, -0.2) is 38.9 Å². The summed E-state index contributed by atoms with van der Waals surface area (Å²) >= 11 is 0. The summed E-state index contributed by atoms with van der Waals surface area (Å²) in [6, 6.07) is 16.1. The highest BCUT2D eigenvalue weighted by Gasteiger charge is 2.21. The first-order valence-electron chi connectivity index (χ1n) is 9.85. The van der Waals surface area contributed by atoms with E-state index in [4.69, 9.17) is 18.6 Å². The van der Waals surface area contributed by atoms with Gasteiger partial charge in [-0.3, -0.25) is 0 Å². The number of ether oxygens (including phenoxy) is 3. The van der Waals surface area contributed by atoms with Crippen molar-refractivity contribution in [1.82, 2.24) is 0 Å². The molecule has 2 aromatic carbocycles. The SMILES string of the molecule is CCOC(Cc1ccc2oc(CN3CCOc4ccccc43)cc2c1)C(=O)OC. The van der Waals surface area contributed by atoms with E-state index in [1.54, 1.807) is 0 Å². The normalized spacial score (nSPS) is 14.3. The third-order valence-corrected chi connectivity index (χ3v) is 5.06. The molecule has 152 valence electrons. The van der Waals surface area contributed by atoms with E-state index in [0.717, 1.165) is 40.3 Å². The lowest BCUT2D eigenvalue weighted by Crippen LogP contribution is -2.31. The third-order valence-electron chi connectivity index (χ3n) is 5.06. The van der Waals surface area contributed by atoms with E-state index in [0.29, 0.717) is 26.2 Å². The molecule has 1 atom stereocenters. The summed E-state index contributed by atoms with van der Waals surface area (Å²) in [6.45, 7) is 4.47. The van der Waals surface area contributed by atoms with E-state index in [1.165, 1.54) is 7.11 Å². The van der Waals surface area contributed by atoms with Crippen molar-refractivity contribution >= 4 is 22.6 Å². The first kappa shape index (κ1) is 19.3. The molecule has 0 aliphatic carbocycles. The first-order valence-corrected chi connectivity index (χ1v) is 9.85. The summed E-state index contributed by atoms with van der Waals surface area (Å²) in [7, 11) is 1.38. The second-order valence-electron chi connectivity index (χ2n) is 6.99. The van der Waals surface area contributed by atoms with Gasteiger partial charge in [0.2, 0.25) is 0 Å². The molecule has 0 N–H and O–H groups in total. The van der Waals surface area contributed by atoms with Crippen LogP contribution in [0.15, 0.2) is 52.9 Å². The van der Waals surface area contributed by atoms with Gasteiger partial charge in [-0.1, -0.05) is 18.2 Å². The monoisotopic (exact) mass is 395 g/mol. The van der Waals surface area contributed by atoms with Gasteiger partial charge in [0, 0.05) is 18.4 Å². The van der Waals surface area contributed by atoms with E-state index >= 15 is 0 Å². The standard InChI is InChI=1S/C23H25NO5/c1-3-27-22(23(25)26-2)13-16-8-9-20-17(12-16)14-18(29-20)15-24-10-11-28-21-7-5-4-6-19(21)24/h4-9,12,14,22H,3,10-11,13,15H2,1-2H3. The molecule has 0 fully saturated rings. The summed E-state index contributed by atoms with van der Waals surface area (Å²) < 4.78 is 22.2. The van der Waals surface area contributed by atoms with E-state index in [-0.39, 0.29) is 5.97 Å². The third kappa shape index (κ3) is 4.22. The minimum Gasteiger partial charge on any atom is -0.490 e. The predicted octanol–water partition coefficient (Wildman–Crippen LogP) is 3.95. The summed E-state index contributed by atoms with van der Waals surface area (Å²) in [5, 5.41) is 1.01. The van der Waals surface area contributed by atoms with E-state index in [2.05, 4.69) is 17.0 Å². The van der Waals surface area contributed by atoms with Crippen molar-refractivity contribution in [3.63, 3.8) is 0 Å².